The first-order valence-electron chi connectivity index (χ1n) is 8.18. The number of carbonyl (C=O) groups is 1. The van der Waals surface area contributed by atoms with E-state index in [1.807, 2.05) is 18.2 Å². The SMILES string of the molecule is O=C(Cn1nc(-c2ccccc2)oc1=O)NCC1(O)CCCCC1. The van der Waals surface area contributed by atoms with Crippen LogP contribution >= 0.6 is 0 Å². The topological polar surface area (TPSA) is 97.4 Å². The normalized spacial score (nSPS) is 16.7. The van der Waals surface area contributed by atoms with Crippen molar-refractivity contribution >= 4 is 5.91 Å². The molecule has 1 heterocycles. The van der Waals surface area contributed by atoms with Gasteiger partial charge in [-0.15, -0.1) is 5.10 Å². The van der Waals surface area contributed by atoms with Crippen LogP contribution in [0.5, 0.6) is 0 Å². The molecule has 0 saturated heterocycles. The van der Waals surface area contributed by atoms with Gasteiger partial charge in [-0.2, -0.15) is 4.68 Å². The van der Waals surface area contributed by atoms with E-state index in [9.17, 15) is 14.7 Å². The highest BCUT2D eigenvalue weighted by atomic mass is 16.4. The molecular formula is C17H21N3O4. The van der Waals surface area contributed by atoms with Crippen LogP contribution in [0.15, 0.2) is 39.5 Å². The second kappa shape index (κ2) is 7.00. The number of aromatic nitrogens is 2. The van der Waals surface area contributed by atoms with Crippen LogP contribution in [-0.4, -0.2) is 32.9 Å². The van der Waals surface area contributed by atoms with Gasteiger partial charge in [-0.3, -0.25) is 4.79 Å². The lowest BCUT2D eigenvalue weighted by Gasteiger charge is -2.32. The summed E-state index contributed by atoms with van der Waals surface area (Å²) in [4.78, 5) is 23.9. The molecule has 0 radical (unpaired) electrons. The van der Waals surface area contributed by atoms with Gasteiger partial charge >= 0.3 is 5.76 Å². The van der Waals surface area contributed by atoms with Crippen LogP contribution in [-0.2, 0) is 11.3 Å². The van der Waals surface area contributed by atoms with E-state index < -0.39 is 11.4 Å². The summed E-state index contributed by atoms with van der Waals surface area (Å²) >= 11 is 0. The fraction of sp³-hybridized carbons (Fsp3) is 0.471. The van der Waals surface area contributed by atoms with Gasteiger partial charge in [-0.1, -0.05) is 37.5 Å². The van der Waals surface area contributed by atoms with Gasteiger partial charge in [-0.25, -0.2) is 4.79 Å². The van der Waals surface area contributed by atoms with Crippen molar-refractivity contribution in [2.45, 2.75) is 44.2 Å². The van der Waals surface area contributed by atoms with Gasteiger partial charge < -0.3 is 14.8 Å². The number of aliphatic hydroxyl groups is 1. The fourth-order valence-corrected chi connectivity index (χ4v) is 2.95. The van der Waals surface area contributed by atoms with Crippen molar-refractivity contribution in [3.8, 4) is 11.5 Å². The molecule has 7 heteroatoms. The second-order valence-corrected chi connectivity index (χ2v) is 6.26. The summed E-state index contributed by atoms with van der Waals surface area (Å²) in [6.07, 6.45) is 4.43. The van der Waals surface area contributed by atoms with E-state index in [4.69, 9.17) is 4.42 Å². The molecule has 3 rings (SSSR count). The Hall–Kier alpha value is -2.41. The molecule has 1 amide bonds. The summed E-state index contributed by atoms with van der Waals surface area (Å²) in [5.41, 5.74) is -0.164. The van der Waals surface area contributed by atoms with Crippen molar-refractivity contribution < 1.29 is 14.3 Å². The van der Waals surface area contributed by atoms with Gasteiger partial charge in [0.25, 0.3) is 0 Å². The molecule has 24 heavy (non-hydrogen) atoms. The molecule has 0 aliphatic heterocycles. The molecule has 7 nitrogen and oxygen atoms in total. The summed E-state index contributed by atoms with van der Waals surface area (Å²) in [7, 11) is 0. The van der Waals surface area contributed by atoms with Gasteiger partial charge in [-0.05, 0) is 25.0 Å². The minimum atomic E-state index is -0.835. The summed E-state index contributed by atoms with van der Waals surface area (Å²) in [6, 6.07) is 9.02. The molecule has 2 N–H and O–H groups in total. The van der Waals surface area contributed by atoms with Gasteiger partial charge in [0.1, 0.15) is 6.54 Å². The lowest BCUT2D eigenvalue weighted by Crippen LogP contribution is -2.45. The molecule has 1 aliphatic carbocycles. The monoisotopic (exact) mass is 331 g/mol. The minimum absolute atomic E-state index is 0.180. The Morgan fingerprint density at radius 2 is 1.96 bits per heavy atom. The Labute approximate surface area is 139 Å². The fourth-order valence-electron chi connectivity index (χ4n) is 2.95. The molecule has 1 aromatic heterocycles. The van der Waals surface area contributed by atoms with Crippen LogP contribution in [0.2, 0.25) is 0 Å². The van der Waals surface area contributed by atoms with Crippen molar-refractivity contribution in [3.05, 3.63) is 40.9 Å². The average molecular weight is 331 g/mol. The number of hydrogen-bond acceptors (Lipinski definition) is 5. The zero-order valence-corrected chi connectivity index (χ0v) is 13.4. The van der Waals surface area contributed by atoms with Crippen molar-refractivity contribution in [2.24, 2.45) is 0 Å². The summed E-state index contributed by atoms with van der Waals surface area (Å²) in [5, 5.41) is 17.1. The maximum absolute atomic E-state index is 12.0. The Morgan fingerprint density at radius 1 is 1.25 bits per heavy atom. The number of rotatable bonds is 5. The van der Waals surface area contributed by atoms with E-state index in [0.29, 0.717) is 18.4 Å². The molecule has 1 fully saturated rings. The number of nitrogens with zero attached hydrogens (tertiary/aromatic N) is 2. The lowest BCUT2D eigenvalue weighted by atomic mass is 9.85. The zero-order chi connectivity index (χ0) is 17.0. The van der Waals surface area contributed by atoms with Crippen molar-refractivity contribution in [3.63, 3.8) is 0 Å². The van der Waals surface area contributed by atoms with E-state index in [1.165, 1.54) is 0 Å². The van der Waals surface area contributed by atoms with Crippen molar-refractivity contribution in [1.82, 2.24) is 15.1 Å². The third kappa shape index (κ3) is 3.91. The van der Waals surface area contributed by atoms with Gasteiger partial charge in [0.15, 0.2) is 0 Å². The Morgan fingerprint density at radius 3 is 2.67 bits per heavy atom. The Balaban J connectivity index is 1.60. The van der Waals surface area contributed by atoms with E-state index in [2.05, 4.69) is 10.4 Å². The third-order valence-electron chi connectivity index (χ3n) is 4.32. The summed E-state index contributed by atoms with van der Waals surface area (Å²) in [5.74, 6) is -0.872. The molecule has 0 bridgehead atoms. The molecule has 0 unspecified atom stereocenters. The third-order valence-corrected chi connectivity index (χ3v) is 4.32. The Bertz CT molecular complexity index is 745. The first-order chi connectivity index (χ1) is 11.6. The molecule has 1 saturated carbocycles. The largest absolute Gasteiger partial charge is 0.437 e. The number of amides is 1. The quantitative estimate of drug-likeness (QED) is 0.861. The van der Waals surface area contributed by atoms with Crippen LogP contribution in [0.1, 0.15) is 32.1 Å². The van der Waals surface area contributed by atoms with Gasteiger partial charge in [0, 0.05) is 12.1 Å². The lowest BCUT2D eigenvalue weighted by molar-refractivity contribution is -0.123. The van der Waals surface area contributed by atoms with Gasteiger partial charge in [0.05, 0.1) is 5.60 Å². The van der Waals surface area contributed by atoms with Crippen molar-refractivity contribution in [2.75, 3.05) is 6.54 Å². The maximum Gasteiger partial charge on any atom is 0.437 e. The summed E-state index contributed by atoms with van der Waals surface area (Å²) < 4.78 is 6.07. The minimum Gasteiger partial charge on any atom is -0.388 e. The van der Waals surface area contributed by atoms with E-state index in [-0.39, 0.29) is 24.9 Å². The van der Waals surface area contributed by atoms with E-state index in [1.54, 1.807) is 12.1 Å². The van der Waals surface area contributed by atoms with Crippen molar-refractivity contribution in [1.29, 1.82) is 0 Å². The predicted molar refractivity (Wildman–Crippen MR) is 87.2 cm³/mol. The first kappa shape index (κ1) is 16.4. The molecule has 2 aromatic rings. The predicted octanol–water partition coefficient (Wildman–Crippen LogP) is 1.31. The number of nitrogens with one attached hydrogen (secondary N) is 1. The molecular weight excluding hydrogens is 310 g/mol. The molecule has 128 valence electrons. The average Bonchev–Trinajstić information content (AvgIpc) is 2.95. The van der Waals surface area contributed by atoms with E-state index >= 15 is 0 Å². The van der Waals surface area contributed by atoms with Crippen LogP contribution in [0.25, 0.3) is 11.5 Å². The summed E-state index contributed by atoms with van der Waals surface area (Å²) in [6.45, 7) is -0.0325. The highest BCUT2D eigenvalue weighted by molar-refractivity contribution is 5.75. The van der Waals surface area contributed by atoms with Crippen LogP contribution < -0.4 is 11.1 Å². The zero-order valence-electron chi connectivity index (χ0n) is 13.4. The number of carbonyl (C=O) groups excluding carboxylic acids is 1. The molecule has 0 atom stereocenters. The smallest absolute Gasteiger partial charge is 0.388 e. The molecule has 1 aliphatic rings. The highest BCUT2D eigenvalue weighted by Gasteiger charge is 2.29. The maximum atomic E-state index is 12.0. The van der Waals surface area contributed by atoms with E-state index in [0.717, 1.165) is 23.9 Å². The number of benzene rings is 1. The van der Waals surface area contributed by atoms with Crippen LogP contribution in [0.4, 0.5) is 0 Å². The molecule has 1 aromatic carbocycles. The number of hydrogen-bond donors (Lipinski definition) is 2. The van der Waals surface area contributed by atoms with Crippen LogP contribution in [0.3, 0.4) is 0 Å². The Kier molecular flexibility index (Phi) is 4.80. The highest BCUT2D eigenvalue weighted by Crippen LogP contribution is 2.27. The first-order valence-corrected chi connectivity index (χ1v) is 8.18. The standard InChI is InChI=1S/C17H21N3O4/c21-14(18-12-17(23)9-5-2-6-10-17)11-20-16(22)24-15(19-20)13-7-3-1-4-8-13/h1,3-4,7-8,23H,2,5-6,9-12H2,(H,18,21). The van der Waals surface area contributed by atoms with Gasteiger partial charge in [0.2, 0.25) is 11.8 Å². The molecule has 0 spiro atoms. The second-order valence-electron chi connectivity index (χ2n) is 6.26. The van der Waals surface area contributed by atoms with Crippen LogP contribution in [0, 0.1) is 0 Å².